The molecule has 0 bridgehead atoms. The molecule has 4 aromatic heterocycles. The fraction of sp³-hybridized carbons (Fsp3) is 0.0606. The third kappa shape index (κ3) is 7.44. The van der Waals surface area contributed by atoms with Crippen LogP contribution in [0.25, 0.3) is 123 Å². The van der Waals surface area contributed by atoms with E-state index in [9.17, 15) is 0 Å². The highest BCUT2D eigenvalue weighted by molar-refractivity contribution is 6.13. The number of hydrogen-bond donors (Lipinski definition) is 0. The topological polar surface area (TPSA) is 61.4 Å². The molecule has 6 heteroatoms. The van der Waals surface area contributed by atoms with Gasteiger partial charge >= 0.3 is 0 Å². The minimum atomic E-state index is 0.581. The lowest BCUT2D eigenvalue weighted by Gasteiger charge is -2.19. The number of para-hydroxylation sites is 2. The summed E-state index contributed by atoms with van der Waals surface area (Å²) < 4.78 is 4.83. The molecule has 0 aliphatic rings. The maximum Gasteiger partial charge on any atom is 0.164 e. The molecular weight excluding hydrogens is 877 g/mol. The van der Waals surface area contributed by atoms with Gasteiger partial charge < -0.3 is 9.13 Å². The van der Waals surface area contributed by atoms with Crippen LogP contribution >= 0.6 is 0 Å². The molecule has 0 amide bonds. The first-order chi connectivity index (χ1) is 35.3. The highest BCUT2D eigenvalue weighted by atomic mass is 15.0. The number of aromatic nitrogens is 6. The fourth-order valence-corrected chi connectivity index (χ4v) is 10.9. The number of pyridine rings is 1. The monoisotopic (exact) mass is 924 g/mol. The maximum absolute atomic E-state index is 5.23. The summed E-state index contributed by atoms with van der Waals surface area (Å²) in [6.45, 7) is 8.68. The molecular formula is C66H48N6. The highest BCUT2D eigenvalue weighted by Gasteiger charge is 2.23. The van der Waals surface area contributed by atoms with Gasteiger partial charge in [-0.2, -0.15) is 0 Å². The first kappa shape index (κ1) is 42.8. The van der Waals surface area contributed by atoms with Gasteiger partial charge in [0, 0.05) is 61.8 Å². The molecule has 0 saturated heterocycles. The quantitative estimate of drug-likeness (QED) is 0.152. The van der Waals surface area contributed by atoms with Crippen molar-refractivity contribution in [2.45, 2.75) is 27.7 Å². The zero-order chi connectivity index (χ0) is 48.5. The summed E-state index contributed by atoms with van der Waals surface area (Å²) in [6.07, 6.45) is 3.93. The van der Waals surface area contributed by atoms with Crippen LogP contribution in [0.3, 0.4) is 0 Å². The number of rotatable bonds is 8. The van der Waals surface area contributed by atoms with E-state index in [0.717, 1.165) is 61.3 Å². The van der Waals surface area contributed by atoms with Crippen molar-refractivity contribution in [1.29, 1.82) is 0 Å². The average molecular weight is 925 g/mol. The second kappa shape index (κ2) is 17.3. The summed E-state index contributed by atoms with van der Waals surface area (Å²) in [5.41, 5.74) is 20.9. The molecule has 0 fully saturated rings. The number of aryl methyl sites for hydroxylation is 4. The van der Waals surface area contributed by atoms with E-state index < -0.39 is 0 Å². The SMILES string of the molecule is Cc1cc(C)cc(-c2ccc3c(c2)c2ccccc2n3-c2ccncc2-c2cc(-c3nc(-c4ccccc4)nc(-c4ccccc4)n3)ccc2-n2c3ccccc3c3cc(-c4cc(C)cc(C)c4)ccc32)c1. The van der Waals surface area contributed by atoms with Crippen LogP contribution in [0.2, 0.25) is 0 Å². The predicted molar refractivity (Wildman–Crippen MR) is 298 cm³/mol. The largest absolute Gasteiger partial charge is 0.309 e. The Morgan fingerprint density at radius 2 is 0.708 bits per heavy atom. The van der Waals surface area contributed by atoms with Crippen LogP contribution in [0.5, 0.6) is 0 Å². The summed E-state index contributed by atoms with van der Waals surface area (Å²) in [6, 6.07) is 74.0. The van der Waals surface area contributed by atoms with Gasteiger partial charge in [-0.1, -0.05) is 168 Å². The van der Waals surface area contributed by atoms with Gasteiger partial charge in [-0.05, 0) is 111 Å². The Hall–Kier alpha value is -9.26. The van der Waals surface area contributed by atoms with Crippen LogP contribution in [0.4, 0.5) is 0 Å². The average Bonchev–Trinajstić information content (AvgIpc) is 3.92. The fourth-order valence-electron chi connectivity index (χ4n) is 10.9. The highest BCUT2D eigenvalue weighted by Crippen LogP contribution is 2.43. The molecule has 9 aromatic carbocycles. The Labute approximate surface area is 418 Å². The number of fused-ring (bicyclic) bond motifs is 6. The van der Waals surface area contributed by atoms with Crippen molar-refractivity contribution in [3.8, 4) is 78.9 Å². The van der Waals surface area contributed by atoms with E-state index in [2.05, 4.69) is 207 Å². The lowest BCUT2D eigenvalue weighted by atomic mass is 9.98. The molecule has 6 nitrogen and oxygen atoms in total. The molecule has 0 spiro atoms. The number of nitrogens with zero attached hydrogens (tertiary/aromatic N) is 6. The smallest absolute Gasteiger partial charge is 0.164 e. The second-order valence-corrected chi connectivity index (χ2v) is 19.1. The third-order valence-electron chi connectivity index (χ3n) is 14.0. The van der Waals surface area contributed by atoms with Crippen LogP contribution in [0.1, 0.15) is 22.3 Å². The molecule has 0 saturated carbocycles. The van der Waals surface area contributed by atoms with E-state index in [1.807, 2.05) is 48.8 Å². The summed E-state index contributed by atoms with van der Waals surface area (Å²) >= 11 is 0. The minimum Gasteiger partial charge on any atom is -0.309 e. The maximum atomic E-state index is 5.23. The van der Waals surface area contributed by atoms with Gasteiger partial charge in [-0.25, -0.2) is 15.0 Å². The summed E-state index contributed by atoms with van der Waals surface area (Å²) in [7, 11) is 0. The molecule has 13 aromatic rings. The lowest BCUT2D eigenvalue weighted by Crippen LogP contribution is -2.04. The van der Waals surface area contributed by atoms with Gasteiger partial charge in [0.1, 0.15) is 0 Å². The number of hydrogen-bond acceptors (Lipinski definition) is 4. The zero-order valence-corrected chi connectivity index (χ0v) is 40.5. The van der Waals surface area contributed by atoms with Gasteiger partial charge in [0.05, 0.1) is 33.4 Å². The van der Waals surface area contributed by atoms with Gasteiger partial charge in [-0.3, -0.25) is 4.98 Å². The first-order valence-electron chi connectivity index (χ1n) is 24.5. The van der Waals surface area contributed by atoms with E-state index in [4.69, 9.17) is 19.9 Å². The molecule has 13 rings (SSSR count). The van der Waals surface area contributed by atoms with Gasteiger partial charge in [-0.15, -0.1) is 0 Å². The Morgan fingerprint density at radius 3 is 1.21 bits per heavy atom. The molecule has 0 atom stereocenters. The van der Waals surface area contributed by atoms with Gasteiger partial charge in [0.15, 0.2) is 17.5 Å². The van der Waals surface area contributed by atoms with Crippen LogP contribution in [0.15, 0.2) is 219 Å². The van der Waals surface area contributed by atoms with Crippen LogP contribution in [-0.2, 0) is 0 Å². The third-order valence-corrected chi connectivity index (χ3v) is 14.0. The van der Waals surface area contributed by atoms with E-state index in [-0.39, 0.29) is 0 Å². The standard InChI is InChI=1S/C66H48N6/c1-41-31-42(2)34-50(33-41)47-23-26-60-54(37-47)52-19-11-13-21-58(52)71(60)62-28-25-49(66-69-64(45-15-7-5-8-16-45)68-65(70-66)46-17-9-6-10-18-46)39-56(62)57-40-67-30-29-63(57)72-59-22-14-12-20-53(59)55-38-48(24-27-61(55)72)51-35-43(3)32-44(4)36-51/h5-40H,1-4H3. The van der Waals surface area contributed by atoms with E-state index in [0.29, 0.717) is 17.5 Å². The van der Waals surface area contributed by atoms with E-state index in [1.54, 1.807) is 0 Å². The number of benzene rings is 9. The normalized spacial score (nSPS) is 11.6. The Morgan fingerprint density at radius 1 is 0.292 bits per heavy atom. The predicted octanol–water partition coefficient (Wildman–Crippen LogP) is 16.7. The molecule has 342 valence electrons. The van der Waals surface area contributed by atoms with Crippen molar-refractivity contribution < 1.29 is 0 Å². The molecule has 72 heavy (non-hydrogen) atoms. The molecule has 4 heterocycles. The lowest BCUT2D eigenvalue weighted by molar-refractivity contribution is 1.07. The summed E-state index contributed by atoms with van der Waals surface area (Å²) in [4.78, 5) is 20.4. The first-order valence-corrected chi connectivity index (χ1v) is 24.5. The van der Waals surface area contributed by atoms with E-state index in [1.165, 1.54) is 66.1 Å². The van der Waals surface area contributed by atoms with Crippen molar-refractivity contribution in [2.75, 3.05) is 0 Å². The molecule has 0 radical (unpaired) electrons. The Bertz CT molecular complexity index is 4160. The summed E-state index contributed by atoms with van der Waals surface area (Å²) in [5.74, 6) is 1.80. The van der Waals surface area contributed by atoms with Crippen molar-refractivity contribution in [2.24, 2.45) is 0 Å². The molecule has 0 aliphatic carbocycles. The Kier molecular flexibility index (Phi) is 10.3. The van der Waals surface area contributed by atoms with Crippen molar-refractivity contribution >= 4 is 43.6 Å². The van der Waals surface area contributed by atoms with Crippen LogP contribution < -0.4 is 0 Å². The van der Waals surface area contributed by atoms with Gasteiger partial charge in [0.25, 0.3) is 0 Å². The molecule has 0 N–H and O–H groups in total. The minimum absolute atomic E-state index is 0.581. The van der Waals surface area contributed by atoms with Crippen molar-refractivity contribution in [3.63, 3.8) is 0 Å². The van der Waals surface area contributed by atoms with Crippen LogP contribution in [0, 0.1) is 27.7 Å². The summed E-state index contributed by atoms with van der Waals surface area (Å²) in [5, 5.41) is 4.74. The van der Waals surface area contributed by atoms with Gasteiger partial charge in [0.2, 0.25) is 0 Å². The second-order valence-electron chi connectivity index (χ2n) is 19.1. The van der Waals surface area contributed by atoms with Crippen molar-refractivity contribution in [1.82, 2.24) is 29.1 Å². The van der Waals surface area contributed by atoms with E-state index >= 15 is 0 Å². The molecule has 0 unspecified atom stereocenters. The molecule has 0 aliphatic heterocycles. The van der Waals surface area contributed by atoms with Crippen molar-refractivity contribution in [3.05, 3.63) is 241 Å². The zero-order valence-electron chi connectivity index (χ0n) is 40.5. The van der Waals surface area contributed by atoms with Crippen LogP contribution in [-0.4, -0.2) is 29.1 Å². The Balaban J connectivity index is 1.08.